The van der Waals surface area contributed by atoms with Crippen molar-refractivity contribution in [3.8, 4) is 16.9 Å². The predicted octanol–water partition coefficient (Wildman–Crippen LogP) is 3.20. The zero-order valence-electron chi connectivity index (χ0n) is 10.7. The number of hydrogen-bond acceptors (Lipinski definition) is 3. The van der Waals surface area contributed by atoms with Crippen molar-refractivity contribution in [1.29, 1.82) is 0 Å². The van der Waals surface area contributed by atoms with Gasteiger partial charge in [0.25, 0.3) is 0 Å². The molecule has 0 aliphatic rings. The first kappa shape index (κ1) is 12.7. The highest BCUT2D eigenvalue weighted by molar-refractivity contribution is 6.01. The lowest BCUT2D eigenvalue weighted by Crippen LogP contribution is -1.99. The number of rotatable bonds is 2. The van der Waals surface area contributed by atoms with Crippen LogP contribution in [-0.2, 0) is 0 Å². The van der Waals surface area contributed by atoms with E-state index in [4.69, 9.17) is 0 Å². The number of phenols is 1. The molecule has 0 aliphatic carbocycles. The maximum Gasteiger partial charge on any atom is 0.179 e. The molecule has 3 rings (SSSR count). The van der Waals surface area contributed by atoms with Gasteiger partial charge in [0.05, 0.1) is 0 Å². The van der Waals surface area contributed by atoms with Gasteiger partial charge in [-0.15, -0.1) is 0 Å². The molecule has 0 spiro atoms. The van der Waals surface area contributed by atoms with E-state index in [1.807, 2.05) is 54.6 Å². The fourth-order valence-corrected chi connectivity index (χ4v) is 2.51. The number of fused-ring (bicyclic) bond motifs is 1. The van der Waals surface area contributed by atoms with E-state index in [1.54, 1.807) is 0 Å². The summed E-state index contributed by atoms with van der Waals surface area (Å²) in [5.41, 5.74) is 1.91. The largest absolute Gasteiger partial charge is 0.507 e. The van der Waals surface area contributed by atoms with Crippen LogP contribution in [0.4, 0.5) is 0 Å². The zero-order valence-corrected chi connectivity index (χ0v) is 10.7. The van der Waals surface area contributed by atoms with Crippen LogP contribution in [0.3, 0.4) is 0 Å². The van der Waals surface area contributed by atoms with Gasteiger partial charge in [0.15, 0.2) is 6.29 Å². The highest BCUT2D eigenvalue weighted by atomic mass is 16.5. The van der Waals surface area contributed by atoms with Gasteiger partial charge in [0.1, 0.15) is 5.75 Å². The molecule has 3 nitrogen and oxygen atoms in total. The summed E-state index contributed by atoms with van der Waals surface area (Å²) in [6, 6.07) is 18.3. The van der Waals surface area contributed by atoms with Crippen molar-refractivity contribution in [2.75, 3.05) is 0 Å². The number of benzene rings is 3. The van der Waals surface area contributed by atoms with Gasteiger partial charge in [-0.25, -0.2) is 0 Å². The van der Waals surface area contributed by atoms with Crippen LogP contribution in [0.15, 0.2) is 60.7 Å². The monoisotopic (exact) mass is 266 g/mol. The van der Waals surface area contributed by atoms with Gasteiger partial charge >= 0.3 is 0 Å². The summed E-state index contributed by atoms with van der Waals surface area (Å²) in [5.74, 6) is 0.0448. The maximum atomic E-state index is 10.1. The second kappa shape index (κ2) is 4.96. The quantitative estimate of drug-likeness (QED) is 0.624. The van der Waals surface area contributed by atoms with Gasteiger partial charge in [0.2, 0.25) is 0 Å². The highest BCUT2D eigenvalue weighted by Crippen LogP contribution is 2.39. The maximum absolute atomic E-state index is 10.1. The highest BCUT2D eigenvalue weighted by Gasteiger charge is 2.17. The predicted molar refractivity (Wildman–Crippen MR) is 78.2 cm³/mol. The molecule has 0 heterocycles. The molecule has 100 valence electrons. The summed E-state index contributed by atoms with van der Waals surface area (Å²) in [7, 11) is 0. The summed E-state index contributed by atoms with van der Waals surface area (Å²) in [5, 5.41) is 30.7. The molecule has 20 heavy (non-hydrogen) atoms. The molecule has 0 amide bonds. The lowest BCUT2D eigenvalue weighted by Gasteiger charge is -2.16. The topological polar surface area (TPSA) is 60.7 Å². The van der Waals surface area contributed by atoms with Gasteiger partial charge in [-0.1, -0.05) is 54.6 Å². The normalized spacial score (nSPS) is 11.2. The van der Waals surface area contributed by atoms with Crippen LogP contribution in [0, 0.1) is 0 Å². The van der Waals surface area contributed by atoms with Crippen LogP contribution in [0.2, 0.25) is 0 Å². The van der Waals surface area contributed by atoms with Gasteiger partial charge in [-0.05, 0) is 22.6 Å². The summed E-state index contributed by atoms with van der Waals surface area (Å²) in [6.07, 6.45) is -1.64. The third-order valence-corrected chi connectivity index (χ3v) is 3.39. The summed E-state index contributed by atoms with van der Waals surface area (Å²) in [4.78, 5) is 0. The SMILES string of the molecule is Oc1cc(C(O)O)c(-c2ccccc2)c2ccccc12. The van der Waals surface area contributed by atoms with E-state index in [2.05, 4.69) is 0 Å². The van der Waals surface area contributed by atoms with E-state index in [0.717, 1.165) is 16.5 Å². The smallest absolute Gasteiger partial charge is 0.179 e. The third kappa shape index (κ3) is 2.03. The standard InChI is InChI=1S/C17H14O3/c18-15-10-14(17(19)20)16(11-6-2-1-3-7-11)13-9-5-4-8-12(13)15/h1-10,17-20H. The second-order valence-electron chi connectivity index (χ2n) is 4.65. The number of aliphatic hydroxyl groups is 2. The summed E-state index contributed by atoms with van der Waals surface area (Å²) < 4.78 is 0. The van der Waals surface area contributed by atoms with Crippen molar-refractivity contribution in [2.24, 2.45) is 0 Å². The lowest BCUT2D eigenvalue weighted by atomic mass is 9.92. The minimum absolute atomic E-state index is 0.0448. The van der Waals surface area contributed by atoms with Crippen LogP contribution in [0.25, 0.3) is 21.9 Å². The number of phenolic OH excluding ortho intramolecular Hbond substituents is 1. The van der Waals surface area contributed by atoms with E-state index in [-0.39, 0.29) is 5.75 Å². The van der Waals surface area contributed by atoms with E-state index in [0.29, 0.717) is 10.9 Å². The van der Waals surface area contributed by atoms with Crippen molar-refractivity contribution in [3.63, 3.8) is 0 Å². The Morgan fingerprint density at radius 1 is 0.750 bits per heavy atom. The average Bonchev–Trinajstić information content (AvgIpc) is 2.48. The second-order valence-corrected chi connectivity index (χ2v) is 4.65. The molecule has 0 aromatic heterocycles. The number of aliphatic hydroxyl groups excluding tert-OH is 1. The fraction of sp³-hybridized carbons (Fsp3) is 0.0588. The molecule has 0 aliphatic heterocycles. The molecule has 0 saturated carbocycles. The molecule has 3 heteroatoms. The van der Waals surface area contributed by atoms with Gasteiger partial charge in [-0.3, -0.25) is 0 Å². The molecule has 0 radical (unpaired) electrons. The molecule has 0 bridgehead atoms. The van der Waals surface area contributed by atoms with Crippen LogP contribution in [-0.4, -0.2) is 15.3 Å². The van der Waals surface area contributed by atoms with E-state index in [9.17, 15) is 15.3 Å². The van der Waals surface area contributed by atoms with Crippen LogP contribution in [0.1, 0.15) is 11.9 Å². The molecule has 0 unspecified atom stereocenters. The zero-order chi connectivity index (χ0) is 14.1. The van der Waals surface area contributed by atoms with Crippen LogP contribution < -0.4 is 0 Å². The molecule has 0 fully saturated rings. The van der Waals surface area contributed by atoms with E-state index >= 15 is 0 Å². The Morgan fingerprint density at radius 2 is 1.35 bits per heavy atom. The number of aromatic hydroxyl groups is 1. The van der Waals surface area contributed by atoms with Crippen LogP contribution in [0.5, 0.6) is 5.75 Å². The van der Waals surface area contributed by atoms with Crippen molar-refractivity contribution < 1.29 is 15.3 Å². The molecule has 3 N–H and O–H groups in total. The van der Waals surface area contributed by atoms with Crippen molar-refractivity contribution >= 4 is 10.8 Å². The van der Waals surface area contributed by atoms with Crippen LogP contribution >= 0.6 is 0 Å². The molecular formula is C17H14O3. The Morgan fingerprint density at radius 3 is 2.00 bits per heavy atom. The first-order valence-electron chi connectivity index (χ1n) is 6.34. The third-order valence-electron chi connectivity index (χ3n) is 3.39. The van der Waals surface area contributed by atoms with E-state index < -0.39 is 6.29 Å². The molecule has 0 saturated heterocycles. The Balaban J connectivity index is 2.44. The lowest BCUT2D eigenvalue weighted by molar-refractivity contribution is -0.0420. The van der Waals surface area contributed by atoms with Gasteiger partial charge < -0.3 is 15.3 Å². The molecule has 3 aromatic carbocycles. The fourth-order valence-electron chi connectivity index (χ4n) is 2.51. The Labute approximate surface area is 116 Å². The minimum Gasteiger partial charge on any atom is -0.507 e. The van der Waals surface area contributed by atoms with Crippen molar-refractivity contribution in [1.82, 2.24) is 0 Å². The first-order valence-corrected chi connectivity index (χ1v) is 6.34. The summed E-state index contributed by atoms with van der Waals surface area (Å²) in [6.45, 7) is 0. The molecule has 0 atom stereocenters. The Kier molecular flexibility index (Phi) is 3.14. The van der Waals surface area contributed by atoms with E-state index in [1.165, 1.54) is 6.07 Å². The summed E-state index contributed by atoms with van der Waals surface area (Å²) >= 11 is 0. The molecular weight excluding hydrogens is 252 g/mol. The Bertz CT molecular complexity index is 749. The van der Waals surface area contributed by atoms with Crippen molar-refractivity contribution in [3.05, 3.63) is 66.2 Å². The number of hydrogen-bond donors (Lipinski definition) is 3. The van der Waals surface area contributed by atoms with Gasteiger partial charge in [0, 0.05) is 10.9 Å². The molecule has 3 aromatic rings. The van der Waals surface area contributed by atoms with Crippen molar-refractivity contribution in [2.45, 2.75) is 6.29 Å². The first-order chi connectivity index (χ1) is 9.68. The average molecular weight is 266 g/mol. The minimum atomic E-state index is -1.64. The Hall–Kier alpha value is -2.36. The van der Waals surface area contributed by atoms with Gasteiger partial charge in [-0.2, -0.15) is 0 Å².